The Labute approximate surface area is 119 Å². The van der Waals surface area contributed by atoms with E-state index in [4.69, 9.17) is 0 Å². The average molecular weight is 301 g/mol. The first kappa shape index (κ1) is 15.3. The third kappa shape index (κ3) is 3.17. The second kappa shape index (κ2) is 5.38. The normalized spacial score (nSPS) is 11.8. The number of rotatable bonds is 3. The Hall–Kier alpha value is -2.05. The fourth-order valence-electron chi connectivity index (χ4n) is 2.09. The molecule has 0 spiro atoms. The molecule has 0 radical (unpaired) electrons. The van der Waals surface area contributed by atoms with Crippen LogP contribution in [0.5, 0.6) is 0 Å². The van der Waals surface area contributed by atoms with Crippen LogP contribution in [0.25, 0.3) is 0 Å². The van der Waals surface area contributed by atoms with Crippen molar-refractivity contribution in [1.82, 2.24) is 9.78 Å². The molecular weight excluding hydrogens is 286 g/mol. The summed E-state index contributed by atoms with van der Waals surface area (Å²) in [6, 6.07) is 2.31. The Kier molecular flexibility index (Phi) is 3.93. The molecule has 0 bridgehead atoms. The molecule has 21 heavy (non-hydrogen) atoms. The molecule has 0 fully saturated rings. The molecule has 114 valence electrons. The summed E-state index contributed by atoms with van der Waals surface area (Å²) in [5, 5.41) is 6.91. The lowest BCUT2D eigenvalue weighted by atomic mass is 10.1. The van der Waals surface area contributed by atoms with E-state index >= 15 is 0 Å². The van der Waals surface area contributed by atoms with Crippen LogP contribution < -0.4 is 5.32 Å². The summed E-state index contributed by atoms with van der Waals surface area (Å²) in [6.07, 6.45) is -4.50. The quantitative estimate of drug-likeness (QED) is 0.874. The van der Waals surface area contributed by atoms with E-state index in [2.05, 4.69) is 10.4 Å². The van der Waals surface area contributed by atoms with Crippen LogP contribution in [0.2, 0.25) is 0 Å². The molecule has 0 amide bonds. The van der Waals surface area contributed by atoms with Gasteiger partial charge in [0.2, 0.25) is 0 Å². The number of hydrogen-bond donors (Lipinski definition) is 1. The third-order valence-electron chi connectivity index (χ3n) is 3.41. The topological polar surface area (TPSA) is 29.9 Å². The minimum Gasteiger partial charge on any atom is -0.378 e. The summed E-state index contributed by atoms with van der Waals surface area (Å²) in [7, 11) is 1.77. The number of nitrogens with one attached hydrogen (secondary N) is 1. The van der Waals surface area contributed by atoms with Crippen LogP contribution in [0.3, 0.4) is 0 Å². The maximum atomic E-state index is 13.6. The Balaban J connectivity index is 2.24. The largest absolute Gasteiger partial charge is 0.416 e. The van der Waals surface area contributed by atoms with E-state index < -0.39 is 17.6 Å². The Morgan fingerprint density at radius 1 is 1.24 bits per heavy atom. The highest BCUT2D eigenvalue weighted by molar-refractivity contribution is 5.49. The van der Waals surface area contributed by atoms with Gasteiger partial charge < -0.3 is 5.32 Å². The molecule has 7 heteroatoms. The number of anilines is 1. The summed E-state index contributed by atoms with van der Waals surface area (Å²) < 4.78 is 53.2. The lowest BCUT2D eigenvalue weighted by Gasteiger charge is -2.12. The maximum absolute atomic E-state index is 13.6. The fourth-order valence-corrected chi connectivity index (χ4v) is 2.09. The van der Waals surface area contributed by atoms with Crippen molar-refractivity contribution in [3.05, 3.63) is 46.5 Å². The van der Waals surface area contributed by atoms with Gasteiger partial charge in [0, 0.05) is 24.8 Å². The van der Waals surface area contributed by atoms with Crippen molar-refractivity contribution < 1.29 is 17.6 Å². The summed E-state index contributed by atoms with van der Waals surface area (Å²) in [6.45, 7) is 3.86. The summed E-state index contributed by atoms with van der Waals surface area (Å²) in [4.78, 5) is 0. The van der Waals surface area contributed by atoms with E-state index in [1.54, 1.807) is 18.7 Å². The second-order valence-electron chi connectivity index (χ2n) is 4.82. The van der Waals surface area contributed by atoms with Gasteiger partial charge in [0.1, 0.15) is 5.82 Å². The van der Waals surface area contributed by atoms with Gasteiger partial charge in [-0.1, -0.05) is 0 Å². The second-order valence-corrected chi connectivity index (χ2v) is 4.82. The van der Waals surface area contributed by atoms with Crippen molar-refractivity contribution >= 4 is 5.69 Å². The third-order valence-corrected chi connectivity index (χ3v) is 3.41. The molecular formula is C14H15F4N3. The Morgan fingerprint density at radius 2 is 1.90 bits per heavy atom. The van der Waals surface area contributed by atoms with Crippen LogP contribution >= 0.6 is 0 Å². The molecule has 0 saturated heterocycles. The van der Waals surface area contributed by atoms with Gasteiger partial charge in [0.25, 0.3) is 0 Å². The van der Waals surface area contributed by atoms with Crippen molar-refractivity contribution in [1.29, 1.82) is 0 Å². The average Bonchev–Trinajstić information content (AvgIpc) is 2.62. The lowest BCUT2D eigenvalue weighted by Crippen LogP contribution is -2.08. The SMILES string of the molecule is Cc1nn(C)c(C)c1CNc1cc(C(F)(F)F)ccc1F. The molecule has 3 nitrogen and oxygen atoms in total. The zero-order chi connectivity index (χ0) is 15.8. The zero-order valence-corrected chi connectivity index (χ0v) is 11.8. The number of alkyl halides is 3. The van der Waals surface area contributed by atoms with Crippen molar-refractivity contribution in [2.75, 3.05) is 5.32 Å². The standard InChI is InChI=1S/C14H15F4N3/c1-8-11(9(2)21(3)20-8)7-19-13-6-10(14(16,17)18)4-5-12(13)15/h4-6,19H,7H2,1-3H3. The Morgan fingerprint density at radius 3 is 2.43 bits per heavy atom. The van der Waals surface area contributed by atoms with Gasteiger partial charge in [0.05, 0.1) is 16.9 Å². The van der Waals surface area contributed by atoms with Crippen LogP contribution in [-0.2, 0) is 19.8 Å². The molecule has 1 heterocycles. The van der Waals surface area contributed by atoms with Gasteiger partial charge >= 0.3 is 6.18 Å². The number of benzene rings is 1. The maximum Gasteiger partial charge on any atom is 0.416 e. The smallest absolute Gasteiger partial charge is 0.378 e. The first-order chi connectivity index (χ1) is 9.70. The first-order valence-corrected chi connectivity index (χ1v) is 6.30. The van der Waals surface area contributed by atoms with Gasteiger partial charge in [0.15, 0.2) is 0 Å². The molecule has 1 aromatic heterocycles. The highest BCUT2D eigenvalue weighted by atomic mass is 19.4. The predicted octanol–water partition coefficient (Wildman–Crippen LogP) is 3.81. The fraction of sp³-hybridized carbons (Fsp3) is 0.357. The van der Waals surface area contributed by atoms with Gasteiger partial charge in [-0.2, -0.15) is 18.3 Å². The van der Waals surface area contributed by atoms with Crippen molar-refractivity contribution in [3.8, 4) is 0 Å². The van der Waals surface area contributed by atoms with E-state index in [9.17, 15) is 17.6 Å². The van der Waals surface area contributed by atoms with Crippen LogP contribution in [0.1, 0.15) is 22.5 Å². The van der Waals surface area contributed by atoms with E-state index in [0.717, 1.165) is 35.2 Å². The van der Waals surface area contributed by atoms with Crippen molar-refractivity contribution in [3.63, 3.8) is 0 Å². The van der Waals surface area contributed by atoms with Gasteiger partial charge in [-0.05, 0) is 32.0 Å². The molecule has 0 atom stereocenters. The molecule has 1 N–H and O–H groups in total. The lowest BCUT2D eigenvalue weighted by molar-refractivity contribution is -0.137. The van der Waals surface area contributed by atoms with E-state index in [0.29, 0.717) is 0 Å². The monoisotopic (exact) mass is 301 g/mol. The Bertz CT molecular complexity index is 659. The zero-order valence-electron chi connectivity index (χ0n) is 11.8. The minimum absolute atomic E-state index is 0.174. The van der Waals surface area contributed by atoms with Crippen molar-refractivity contribution in [2.24, 2.45) is 7.05 Å². The van der Waals surface area contributed by atoms with E-state index in [-0.39, 0.29) is 12.2 Å². The van der Waals surface area contributed by atoms with Crippen molar-refractivity contribution in [2.45, 2.75) is 26.6 Å². The molecule has 0 aliphatic rings. The van der Waals surface area contributed by atoms with Gasteiger partial charge in [-0.3, -0.25) is 4.68 Å². The molecule has 0 unspecified atom stereocenters. The predicted molar refractivity (Wildman–Crippen MR) is 71.4 cm³/mol. The number of nitrogens with zero attached hydrogens (tertiary/aromatic N) is 2. The van der Waals surface area contributed by atoms with Gasteiger partial charge in [-0.25, -0.2) is 4.39 Å². The summed E-state index contributed by atoms with van der Waals surface area (Å²) >= 11 is 0. The minimum atomic E-state index is -4.50. The highest BCUT2D eigenvalue weighted by Crippen LogP contribution is 2.32. The summed E-state index contributed by atoms with van der Waals surface area (Å²) in [5.74, 6) is -0.720. The molecule has 1 aromatic carbocycles. The van der Waals surface area contributed by atoms with Crippen LogP contribution in [0, 0.1) is 19.7 Å². The number of halogens is 4. The molecule has 0 aliphatic carbocycles. The van der Waals surface area contributed by atoms with Crippen LogP contribution in [0.15, 0.2) is 18.2 Å². The van der Waals surface area contributed by atoms with Crippen LogP contribution in [0.4, 0.5) is 23.2 Å². The number of hydrogen-bond acceptors (Lipinski definition) is 2. The molecule has 2 aromatic rings. The molecule has 0 saturated carbocycles. The first-order valence-electron chi connectivity index (χ1n) is 6.30. The highest BCUT2D eigenvalue weighted by Gasteiger charge is 2.31. The van der Waals surface area contributed by atoms with Gasteiger partial charge in [-0.15, -0.1) is 0 Å². The molecule has 0 aliphatic heterocycles. The van der Waals surface area contributed by atoms with E-state index in [1.807, 2.05) is 6.92 Å². The number of aromatic nitrogens is 2. The summed E-state index contributed by atoms with van der Waals surface area (Å²) in [5.41, 5.74) is 1.43. The van der Waals surface area contributed by atoms with E-state index in [1.165, 1.54) is 0 Å². The number of aryl methyl sites for hydroxylation is 2. The van der Waals surface area contributed by atoms with Crippen LogP contribution in [-0.4, -0.2) is 9.78 Å². The molecule has 2 rings (SSSR count).